The molecule has 0 aliphatic heterocycles. The molecule has 0 saturated carbocycles. The second-order valence-electron chi connectivity index (χ2n) is 4.39. The van der Waals surface area contributed by atoms with Crippen molar-refractivity contribution in [1.82, 2.24) is 20.2 Å². The van der Waals surface area contributed by atoms with E-state index in [0.717, 1.165) is 12.0 Å². The average Bonchev–Trinajstić information content (AvgIpc) is 2.99. The SMILES string of the molecule is CCc1cccc(-c2nnc(-c3nc(Br)cnc3N)o2)c1. The molecule has 0 fully saturated rings. The Morgan fingerprint density at radius 3 is 2.86 bits per heavy atom. The molecule has 0 bridgehead atoms. The monoisotopic (exact) mass is 345 g/mol. The first-order chi connectivity index (χ1) is 10.2. The van der Waals surface area contributed by atoms with Gasteiger partial charge in [0.15, 0.2) is 11.5 Å². The minimum atomic E-state index is 0.246. The molecule has 2 aromatic heterocycles. The molecule has 3 aromatic rings. The maximum absolute atomic E-state index is 5.79. The molecule has 2 heterocycles. The lowest BCUT2D eigenvalue weighted by Gasteiger charge is -2.00. The highest BCUT2D eigenvalue weighted by Crippen LogP contribution is 2.26. The molecule has 0 aliphatic rings. The topological polar surface area (TPSA) is 90.7 Å². The first-order valence-electron chi connectivity index (χ1n) is 6.38. The van der Waals surface area contributed by atoms with Crippen molar-refractivity contribution in [2.75, 3.05) is 5.73 Å². The molecule has 106 valence electrons. The van der Waals surface area contributed by atoms with E-state index >= 15 is 0 Å². The lowest BCUT2D eigenvalue weighted by molar-refractivity contribution is 0.582. The molecule has 0 saturated heterocycles. The van der Waals surface area contributed by atoms with Gasteiger partial charge in [-0.15, -0.1) is 10.2 Å². The smallest absolute Gasteiger partial charge is 0.270 e. The number of hydrogen-bond acceptors (Lipinski definition) is 6. The molecule has 0 unspecified atom stereocenters. The van der Waals surface area contributed by atoms with Gasteiger partial charge < -0.3 is 10.2 Å². The van der Waals surface area contributed by atoms with Crippen LogP contribution in [-0.4, -0.2) is 20.2 Å². The fraction of sp³-hybridized carbons (Fsp3) is 0.143. The van der Waals surface area contributed by atoms with E-state index in [-0.39, 0.29) is 11.7 Å². The summed E-state index contributed by atoms with van der Waals surface area (Å²) in [5, 5.41) is 8.05. The van der Waals surface area contributed by atoms with Gasteiger partial charge in [-0.2, -0.15) is 0 Å². The number of benzene rings is 1. The van der Waals surface area contributed by atoms with Crippen LogP contribution in [0.2, 0.25) is 0 Å². The Bertz CT molecular complexity index is 787. The summed E-state index contributed by atoms with van der Waals surface area (Å²) in [5.41, 5.74) is 8.24. The van der Waals surface area contributed by atoms with Gasteiger partial charge in [0, 0.05) is 5.56 Å². The standard InChI is InChI=1S/C14H12BrN5O/c1-2-8-4-3-5-9(6-8)13-19-20-14(21-13)11-12(16)17-7-10(15)18-11/h3-7H,2H2,1H3,(H2,16,17). The van der Waals surface area contributed by atoms with Crippen molar-refractivity contribution in [1.29, 1.82) is 0 Å². The highest BCUT2D eigenvalue weighted by molar-refractivity contribution is 9.10. The number of nitrogens with two attached hydrogens (primary N) is 1. The molecule has 2 N–H and O–H groups in total. The molecule has 0 amide bonds. The van der Waals surface area contributed by atoms with Gasteiger partial charge >= 0.3 is 0 Å². The fourth-order valence-electron chi connectivity index (χ4n) is 1.89. The fourth-order valence-corrected chi connectivity index (χ4v) is 2.17. The van der Waals surface area contributed by atoms with Crippen molar-refractivity contribution >= 4 is 21.7 Å². The van der Waals surface area contributed by atoms with Crippen LogP contribution >= 0.6 is 15.9 Å². The Balaban J connectivity index is 2.01. The summed E-state index contributed by atoms with van der Waals surface area (Å²) in [6.07, 6.45) is 2.46. The molecular weight excluding hydrogens is 334 g/mol. The van der Waals surface area contributed by atoms with Crippen LogP contribution in [-0.2, 0) is 6.42 Å². The summed E-state index contributed by atoms with van der Waals surface area (Å²) < 4.78 is 6.22. The predicted molar refractivity (Wildman–Crippen MR) is 82.3 cm³/mol. The molecule has 1 aromatic carbocycles. The number of halogens is 1. The van der Waals surface area contributed by atoms with Gasteiger partial charge in [-0.3, -0.25) is 0 Å². The summed E-state index contributed by atoms with van der Waals surface area (Å²) in [7, 11) is 0. The quantitative estimate of drug-likeness (QED) is 0.784. The van der Waals surface area contributed by atoms with Gasteiger partial charge in [-0.1, -0.05) is 19.1 Å². The lowest BCUT2D eigenvalue weighted by atomic mass is 10.1. The van der Waals surface area contributed by atoms with Crippen molar-refractivity contribution in [2.45, 2.75) is 13.3 Å². The summed E-state index contributed by atoms with van der Waals surface area (Å²) in [5.74, 6) is 0.926. The van der Waals surface area contributed by atoms with Gasteiger partial charge in [0.2, 0.25) is 5.89 Å². The van der Waals surface area contributed by atoms with E-state index in [9.17, 15) is 0 Å². The molecule has 0 atom stereocenters. The normalized spacial score (nSPS) is 10.8. The third-order valence-corrected chi connectivity index (χ3v) is 3.36. The van der Waals surface area contributed by atoms with Crippen molar-refractivity contribution in [2.24, 2.45) is 0 Å². The number of anilines is 1. The van der Waals surface area contributed by atoms with Crippen LogP contribution in [0.15, 0.2) is 39.5 Å². The highest BCUT2D eigenvalue weighted by atomic mass is 79.9. The maximum atomic E-state index is 5.79. The Kier molecular flexibility index (Phi) is 3.66. The van der Waals surface area contributed by atoms with Crippen LogP contribution in [0.1, 0.15) is 12.5 Å². The minimum Gasteiger partial charge on any atom is -0.414 e. The number of hydrogen-bond donors (Lipinski definition) is 1. The summed E-state index contributed by atoms with van der Waals surface area (Å²) in [6.45, 7) is 2.09. The first kappa shape index (κ1) is 13.7. The zero-order chi connectivity index (χ0) is 14.8. The number of rotatable bonds is 3. The van der Waals surface area contributed by atoms with Gasteiger partial charge in [0.25, 0.3) is 5.89 Å². The van der Waals surface area contributed by atoms with E-state index in [1.165, 1.54) is 11.8 Å². The van der Waals surface area contributed by atoms with Gasteiger partial charge in [0.1, 0.15) is 4.60 Å². The average molecular weight is 346 g/mol. The summed E-state index contributed by atoms with van der Waals surface area (Å²) in [4.78, 5) is 8.22. The number of nitrogens with zero attached hydrogens (tertiary/aromatic N) is 4. The second-order valence-corrected chi connectivity index (χ2v) is 5.21. The number of nitrogen functional groups attached to an aromatic ring is 1. The van der Waals surface area contributed by atoms with Crippen LogP contribution in [0.25, 0.3) is 23.0 Å². The molecular formula is C14H12BrN5O. The zero-order valence-electron chi connectivity index (χ0n) is 11.2. The third-order valence-electron chi connectivity index (χ3n) is 2.98. The number of aromatic nitrogens is 4. The summed E-state index contributed by atoms with van der Waals surface area (Å²) >= 11 is 3.25. The van der Waals surface area contributed by atoms with Crippen LogP contribution in [0.3, 0.4) is 0 Å². The van der Waals surface area contributed by atoms with Crippen molar-refractivity contribution < 1.29 is 4.42 Å². The van der Waals surface area contributed by atoms with E-state index < -0.39 is 0 Å². The Hall–Kier alpha value is -2.28. The first-order valence-corrected chi connectivity index (χ1v) is 7.18. The summed E-state index contributed by atoms with van der Waals surface area (Å²) in [6, 6.07) is 7.96. The Labute approximate surface area is 129 Å². The van der Waals surface area contributed by atoms with Crippen LogP contribution < -0.4 is 5.73 Å². The van der Waals surface area contributed by atoms with E-state index in [1.54, 1.807) is 0 Å². The largest absolute Gasteiger partial charge is 0.414 e. The van der Waals surface area contributed by atoms with E-state index in [1.807, 2.05) is 18.2 Å². The number of aryl methyl sites for hydroxylation is 1. The minimum absolute atomic E-state index is 0.246. The van der Waals surface area contributed by atoms with Crippen LogP contribution in [0.5, 0.6) is 0 Å². The van der Waals surface area contributed by atoms with E-state index in [4.69, 9.17) is 10.2 Å². The van der Waals surface area contributed by atoms with Crippen LogP contribution in [0, 0.1) is 0 Å². The second kappa shape index (κ2) is 5.61. The van der Waals surface area contributed by atoms with Gasteiger partial charge in [0.05, 0.1) is 6.20 Å². The van der Waals surface area contributed by atoms with E-state index in [2.05, 4.69) is 49.1 Å². The van der Waals surface area contributed by atoms with Crippen molar-refractivity contribution in [3.63, 3.8) is 0 Å². The van der Waals surface area contributed by atoms with Gasteiger partial charge in [-0.25, -0.2) is 9.97 Å². The van der Waals surface area contributed by atoms with E-state index in [0.29, 0.717) is 16.2 Å². The molecule has 3 rings (SSSR count). The molecule has 6 nitrogen and oxygen atoms in total. The predicted octanol–water partition coefficient (Wildman–Crippen LogP) is 3.10. The van der Waals surface area contributed by atoms with Crippen molar-refractivity contribution in [3.05, 3.63) is 40.6 Å². The Morgan fingerprint density at radius 1 is 1.24 bits per heavy atom. The highest BCUT2D eigenvalue weighted by Gasteiger charge is 2.15. The molecule has 0 spiro atoms. The molecule has 0 radical (unpaired) electrons. The maximum Gasteiger partial charge on any atom is 0.270 e. The van der Waals surface area contributed by atoms with Gasteiger partial charge in [-0.05, 0) is 40.0 Å². The molecule has 0 aliphatic carbocycles. The Morgan fingerprint density at radius 2 is 2.05 bits per heavy atom. The third kappa shape index (κ3) is 2.78. The lowest BCUT2D eigenvalue weighted by Crippen LogP contribution is -1.97. The van der Waals surface area contributed by atoms with Crippen molar-refractivity contribution in [3.8, 4) is 23.0 Å². The molecule has 7 heteroatoms. The molecule has 21 heavy (non-hydrogen) atoms. The van der Waals surface area contributed by atoms with Crippen LogP contribution in [0.4, 0.5) is 5.82 Å². The zero-order valence-corrected chi connectivity index (χ0v) is 12.8.